The molecule has 0 spiro atoms. The topological polar surface area (TPSA) is 49.4 Å². The van der Waals surface area contributed by atoms with Crippen LogP contribution in [-0.2, 0) is 16.0 Å². The lowest BCUT2D eigenvalue weighted by molar-refractivity contribution is -0.140. The molecule has 0 saturated carbocycles. The first-order valence-electron chi connectivity index (χ1n) is 10.7. The van der Waals surface area contributed by atoms with E-state index in [9.17, 15) is 9.59 Å². The van der Waals surface area contributed by atoms with Gasteiger partial charge in [0.15, 0.2) is 0 Å². The van der Waals surface area contributed by atoms with Gasteiger partial charge in [-0.3, -0.25) is 9.59 Å². The van der Waals surface area contributed by atoms with Crippen LogP contribution in [0.4, 0.5) is 0 Å². The number of likely N-dealkylation sites (tertiary alicyclic amines) is 1. The maximum Gasteiger partial charge on any atom is 0.226 e. The Balaban J connectivity index is 1.86. The molecule has 2 aromatic carbocycles. The Morgan fingerprint density at radius 2 is 1.76 bits per heavy atom. The quantitative estimate of drug-likeness (QED) is 0.794. The third kappa shape index (κ3) is 4.69. The second-order valence-electron chi connectivity index (χ2n) is 8.07. The number of aryl methyl sites for hydroxylation is 1. The molecule has 1 N–H and O–H groups in total. The number of carbonyl (C=O) groups excluding carboxylic acids is 2. The molecule has 0 bridgehead atoms. The van der Waals surface area contributed by atoms with Crippen molar-refractivity contribution in [3.63, 3.8) is 0 Å². The largest absolute Gasteiger partial charge is 0.356 e. The maximum absolute atomic E-state index is 13.1. The zero-order valence-corrected chi connectivity index (χ0v) is 17.8. The zero-order chi connectivity index (χ0) is 20.9. The predicted octanol–water partition coefficient (Wildman–Crippen LogP) is 4.36. The highest BCUT2D eigenvalue weighted by Gasteiger charge is 2.41. The Kier molecular flexibility index (Phi) is 6.73. The molecule has 1 aliphatic heterocycles. The highest BCUT2D eigenvalue weighted by Crippen LogP contribution is 2.37. The molecule has 0 aliphatic carbocycles. The summed E-state index contributed by atoms with van der Waals surface area (Å²) in [5.41, 5.74) is 4.38. The maximum atomic E-state index is 13.1. The van der Waals surface area contributed by atoms with Crippen molar-refractivity contribution in [2.75, 3.05) is 19.6 Å². The van der Waals surface area contributed by atoms with E-state index in [2.05, 4.69) is 60.8 Å². The van der Waals surface area contributed by atoms with Crippen molar-refractivity contribution in [2.45, 2.75) is 46.5 Å². The number of hydrogen-bond acceptors (Lipinski definition) is 2. The van der Waals surface area contributed by atoms with E-state index >= 15 is 0 Å². The van der Waals surface area contributed by atoms with Crippen LogP contribution in [0.2, 0.25) is 0 Å². The van der Waals surface area contributed by atoms with Gasteiger partial charge in [0.25, 0.3) is 0 Å². The summed E-state index contributed by atoms with van der Waals surface area (Å²) in [5.74, 6) is 0.293. The molecule has 29 heavy (non-hydrogen) atoms. The average Bonchev–Trinajstić information content (AvgIpc) is 2.74. The molecule has 1 fully saturated rings. The van der Waals surface area contributed by atoms with Gasteiger partial charge in [-0.1, -0.05) is 55.5 Å². The highest BCUT2D eigenvalue weighted by molar-refractivity contribution is 5.84. The monoisotopic (exact) mass is 392 g/mol. The second-order valence-corrected chi connectivity index (χ2v) is 8.07. The smallest absolute Gasteiger partial charge is 0.226 e. The molecule has 154 valence electrons. The van der Waals surface area contributed by atoms with Crippen LogP contribution < -0.4 is 5.32 Å². The summed E-state index contributed by atoms with van der Waals surface area (Å²) < 4.78 is 0. The molecule has 4 heteroatoms. The van der Waals surface area contributed by atoms with Crippen LogP contribution >= 0.6 is 0 Å². The van der Waals surface area contributed by atoms with Crippen LogP contribution in [0.3, 0.4) is 0 Å². The lowest BCUT2D eigenvalue weighted by Crippen LogP contribution is -2.51. The summed E-state index contributed by atoms with van der Waals surface area (Å²) >= 11 is 0. The molecule has 1 heterocycles. The van der Waals surface area contributed by atoms with Crippen molar-refractivity contribution in [1.29, 1.82) is 0 Å². The predicted molar refractivity (Wildman–Crippen MR) is 118 cm³/mol. The molecule has 0 atom stereocenters. The van der Waals surface area contributed by atoms with E-state index in [0.29, 0.717) is 45.3 Å². The van der Waals surface area contributed by atoms with E-state index in [1.807, 2.05) is 18.7 Å². The molecule has 4 nitrogen and oxygen atoms in total. The van der Waals surface area contributed by atoms with Gasteiger partial charge in [0.1, 0.15) is 0 Å². The van der Waals surface area contributed by atoms with Gasteiger partial charge in [-0.15, -0.1) is 0 Å². The normalized spacial score (nSPS) is 15.8. The molecule has 2 amide bonds. The van der Waals surface area contributed by atoms with E-state index in [1.165, 1.54) is 22.3 Å². The Hall–Kier alpha value is -2.62. The summed E-state index contributed by atoms with van der Waals surface area (Å²) in [5, 5.41) is 3.05. The summed E-state index contributed by atoms with van der Waals surface area (Å²) in [4.78, 5) is 27.1. The molecule has 0 radical (unpaired) electrons. The van der Waals surface area contributed by atoms with Gasteiger partial charge in [0, 0.05) is 26.1 Å². The van der Waals surface area contributed by atoms with Gasteiger partial charge in [0.2, 0.25) is 11.8 Å². The summed E-state index contributed by atoms with van der Waals surface area (Å²) in [6.07, 6.45) is 2.64. The van der Waals surface area contributed by atoms with Crippen molar-refractivity contribution >= 4 is 11.8 Å². The molecule has 0 unspecified atom stereocenters. The number of benzene rings is 2. The SMILES string of the molecule is CCNC(=O)C1(Cc2cccc(-c3ccccc3C)c2)CCN(C(=O)CC)CC1. The van der Waals surface area contributed by atoms with Crippen molar-refractivity contribution in [3.05, 3.63) is 59.7 Å². The number of nitrogens with zero attached hydrogens (tertiary/aromatic N) is 1. The third-order valence-electron chi connectivity index (χ3n) is 6.12. The van der Waals surface area contributed by atoms with Gasteiger partial charge in [-0.2, -0.15) is 0 Å². The Morgan fingerprint density at radius 3 is 2.41 bits per heavy atom. The van der Waals surface area contributed by atoms with Gasteiger partial charge in [-0.05, 0) is 55.4 Å². The van der Waals surface area contributed by atoms with Gasteiger partial charge < -0.3 is 10.2 Å². The van der Waals surface area contributed by atoms with Crippen molar-refractivity contribution < 1.29 is 9.59 Å². The first kappa shape index (κ1) is 21.1. The van der Waals surface area contributed by atoms with E-state index < -0.39 is 5.41 Å². The zero-order valence-electron chi connectivity index (χ0n) is 17.8. The van der Waals surface area contributed by atoms with Crippen LogP contribution in [-0.4, -0.2) is 36.3 Å². The Bertz CT molecular complexity index is 867. The van der Waals surface area contributed by atoms with E-state index in [-0.39, 0.29) is 11.8 Å². The molecule has 1 aliphatic rings. The van der Waals surface area contributed by atoms with Crippen LogP contribution in [0.1, 0.15) is 44.2 Å². The fourth-order valence-corrected chi connectivity index (χ4v) is 4.38. The molecular weight excluding hydrogens is 360 g/mol. The number of carbonyl (C=O) groups is 2. The van der Waals surface area contributed by atoms with E-state index in [0.717, 1.165) is 0 Å². The van der Waals surface area contributed by atoms with Crippen LogP contribution in [0.25, 0.3) is 11.1 Å². The van der Waals surface area contributed by atoms with Gasteiger partial charge >= 0.3 is 0 Å². The molecule has 0 aromatic heterocycles. The minimum Gasteiger partial charge on any atom is -0.356 e. The van der Waals surface area contributed by atoms with Crippen molar-refractivity contribution in [1.82, 2.24) is 10.2 Å². The van der Waals surface area contributed by atoms with Crippen LogP contribution in [0.5, 0.6) is 0 Å². The minimum atomic E-state index is -0.453. The fraction of sp³-hybridized carbons (Fsp3) is 0.440. The number of nitrogens with one attached hydrogen (secondary N) is 1. The number of amides is 2. The van der Waals surface area contributed by atoms with E-state index in [4.69, 9.17) is 0 Å². The number of piperidine rings is 1. The molecular formula is C25H32N2O2. The molecule has 1 saturated heterocycles. The molecule has 3 rings (SSSR count). The number of hydrogen-bond donors (Lipinski definition) is 1. The first-order valence-corrected chi connectivity index (χ1v) is 10.7. The van der Waals surface area contributed by atoms with E-state index in [1.54, 1.807) is 0 Å². The van der Waals surface area contributed by atoms with Crippen molar-refractivity contribution in [3.8, 4) is 11.1 Å². The van der Waals surface area contributed by atoms with Gasteiger partial charge in [-0.25, -0.2) is 0 Å². The van der Waals surface area contributed by atoms with Crippen LogP contribution in [0, 0.1) is 12.3 Å². The summed E-state index contributed by atoms with van der Waals surface area (Å²) in [6.45, 7) is 7.91. The Labute approximate surface area is 174 Å². The molecule has 2 aromatic rings. The highest BCUT2D eigenvalue weighted by atomic mass is 16.2. The van der Waals surface area contributed by atoms with Gasteiger partial charge in [0.05, 0.1) is 5.41 Å². The average molecular weight is 393 g/mol. The first-order chi connectivity index (χ1) is 14.0. The minimum absolute atomic E-state index is 0.116. The lowest BCUT2D eigenvalue weighted by Gasteiger charge is -2.41. The third-order valence-corrected chi connectivity index (χ3v) is 6.12. The van der Waals surface area contributed by atoms with Crippen LogP contribution in [0.15, 0.2) is 48.5 Å². The summed E-state index contributed by atoms with van der Waals surface area (Å²) in [6, 6.07) is 16.9. The standard InChI is InChI=1S/C25H32N2O2/c1-4-23(28)27-15-13-25(14-16-27,24(29)26-5-2)18-20-10-8-11-21(17-20)22-12-7-6-9-19(22)3/h6-12,17H,4-5,13-16,18H2,1-3H3,(H,26,29). The fourth-order valence-electron chi connectivity index (χ4n) is 4.38. The second kappa shape index (κ2) is 9.25. The lowest BCUT2D eigenvalue weighted by atomic mass is 9.72. The van der Waals surface area contributed by atoms with Crippen molar-refractivity contribution in [2.24, 2.45) is 5.41 Å². The number of rotatable bonds is 6. The Morgan fingerprint density at radius 1 is 1.03 bits per heavy atom. The summed E-state index contributed by atoms with van der Waals surface area (Å²) in [7, 11) is 0.